The molecule has 2 aliphatic heterocycles. The molecule has 0 unspecified atom stereocenters. The van der Waals surface area contributed by atoms with E-state index < -0.39 is 17.4 Å². The van der Waals surface area contributed by atoms with Crippen molar-refractivity contribution in [1.82, 2.24) is 10.6 Å². The largest absolute Gasteiger partial charge is 0.466 e. The van der Waals surface area contributed by atoms with Crippen LogP contribution in [0.3, 0.4) is 0 Å². The number of hydrogen-bond donors (Lipinski definition) is 2. The van der Waals surface area contributed by atoms with Gasteiger partial charge in [0.2, 0.25) is 0 Å². The van der Waals surface area contributed by atoms with Crippen LogP contribution in [0.25, 0.3) is 0 Å². The maximum Gasteiger partial charge on any atom is 0.323 e. The molecule has 8 heteroatoms. The first-order chi connectivity index (χ1) is 18.3. The van der Waals surface area contributed by atoms with Gasteiger partial charge >= 0.3 is 17.9 Å². The summed E-state index contributed by atoms with van der Waals surface area (Å²) in [4.78, 5) is 40.3. The molecule has 0 amide bonds. The van der Waals surface area contributed by atoms with Crippen LogP contribution in [0, 0.1) is 5.41 Å². The summed E-state index contributed by atoms with van der Waals surface area (Å²) >= 11 is 0. The number of rotatable bonds is 13. The molecular weight excluding hydrogens is 508 g/mol. The minimum atomic E-state index is -1.44. The van der Waals surface area contributed by atoms with Gasteiger partial charge in [0.25, 0.3) is 0 Å². The first-order valence-electron chi connectivity index (χ1n) is 15.5. The normalized spacial score (nSPS) is 22.4. The third-order valence-electron chi connectivity index (χ3n) is 8.06. The van der Waals surface area contributed by atoms with Gasteiger partial charge in [-0.1, -0.05) is 26.7 Å². The second-order valence-electron chi connectivity index (χ2n) is 14.9. The molecule has 2 saturated heterocycles. The summed E-state index contributed by atoms with van der Waals surface area (Å²) in [6, 6.07) is 0. The first-order valence-corrected chi connectivity index (χ1v) is 15.5. The van der Waals surface area contributed by atoms with Crippen LogP contribution in [-0.4, -0.2) is 58.9 Å². The van der Waals surface area contributed by atoms with Gasteiger partial charge in [-0.2, -0.15) is 0 Å². The average Bonchev–Trinajstić information content (AvgIpc) is 2.74. The molecule has 0 saturated carbocycles. The Kier molecular flexibility index (Phi) is 11.7. The molecule has 232 valence electrons. The summed E-state index contributed by atoms with van der Waals surface area (Å²) in [5, 5.41) is 7.25. The van der Waals surface area contributed by atoms with Gasteiger partial charge in [0.1, 0.15) is 12.2 Å². The van der Waals surface area contributed by atoms with Crippen molar-refractivity contribution in [3.05, 3.63) is 0 Å². The van der Waals surface area contributed by atoms with Gasteiger partial charge in [-0.3, -0.25) is 14.4 Å². The zero-order valence-electron chi connectivity index (χ0n) is 27.1. The summed E-state index contributed by atoms with van der Waals surface area (Å²) in [5.41, 5.74) is -2.28. The summed E-state index contributed by atoms with van der Waals surface area (Å²) < 4.78 is 17.9. The van der Waals surface area contributed by atoms with Crippen molar-refractivity contribution in [2.75, 3.05) is 6.61 Å². The second kappa shape index (κ2) is 13.5. The van der Waals surface area contributed by atoms with Crippen molar-refractivity contribution >= 4 is 17.9 Å². The standard InChI is InChI=1S/C32H58N2O6/c1-11-13-16-32(17-14-18-38-25(35)15-12-2,26(36)39-23-19-28(3,4)33-29(5,6)20-23)27(37)40-24-21-30(7,8)34-31(9,10)22-24/h23-24,33-34H,11-22H2,1-10H3. The van der Waals surface area contributed by atoms with Crippen LogP contribution in [0.2, 0.25) is 0 Å². The van der Waals surface area contributed by atoms with Gasteiger partial charge in [-0.25, -0.2) is 0 Å². The molecule has 0 aliphatic carbocycles. The van der Waals surface area contributed by atoms with E-state index in [0.29, 0.717) is 57.8 Å². The molecule has 2 fully saturated rings. The van der Waals surface area contributed by atoms with Crippen LogP contribution >= 0.6 is 0 Å². The van der Waals surface area contributed by atoms with E-state index in [1.807, 2.05) is 13.8 Å². The molecule has 0 aromatic carbocycles. The highest BCUT2D eigenvalue weighted by Gasteiger charge is 2.51. The molecule has 2 rings (SSSR count). The Morgan fingerprint density at radius 3 is 1.45 bits per heavy atom. The van der Waals surface area contributed by atoms with E-state index in [1.54, 1.807) is 0 Å². The number of esters is 3. The Morgan fingerprint density at radius 2 is 1.07 bits per heavy atom. The van der Waals surface area contributed by atoms with Crippen molar-refractivity contribution < 1.29 is 28.6 Å². The quantitative estimate of drug-likeness (QED) is 0.121. The molecule has 2 aliphatic rings. The third-order valence-corrected chi connectivity index (χ3v) is 8.06. The Balaban J connectivity index is 2.34. The van der Waals surface area contributed by atoms with Crippen molar-refractivity contribution in [2.24, 2.45) is 5.41 Å². The lowest BCUT2D eigenvalue weighted by atomic mass is 9.77. The van der Waals surface area contributed by atoms with Crippen LogP contribution in [0.4, 0.5) is 0 Å². The van der Waals surface area contributed by atoms with Crippen molar-refractivity contribution in [3.8, 4) is 0 Å². The topological polar surface area (TPSA) is 103 Å². The van der Waals surface area contributed by atoms with Crippen molar-refractivity contribution in [1.29, 1.82) is 0 Å². The number of nitrogens with one attached hydrogen (secondary N) is 2. The number of carbonyl (C=O) groups excluding carboxylic acids is 3. The number of ether oxygens (including phenoxy) is 3. The van der Waals surface area contributed by atoms with Gasteiger partial charge in [-0.15, -0.1) is 0 Å². The molecule has 0 atom stereocenters. The monoisotopic (exact) mass is 566 g/mol. The molecule has 0 spiro atoms. The van der Waals surface area contributed by atoms with Crippen LogP contribution in [0.5, 0.6) is 0 Å². The molecule has 0 aromatic rings. The molecule has 0 radical (unpaired) electrons. The van der Waals surface area contributed by atoms with Gasteiger partial charge in [-0.05, 0) is 81.1 Å². The highest BCUT2D eigenvalue weighted by molar-refractivity contribution is 6.00. The summed E-state index contributed by atoms with van der Waals surface area (Å²) in [6.07, 6.45) is 5.54. The fraction of sp³-hybridized carbons (Fsp3) is 0.906. The van der Waals surface area contributed by atoms with E-state index in [-0.39, 0.29) is 53.4 Å². The van der Waals surface area contributed by atoms with Gasteiger partial charge < -0.3 is 24.8 Å². The van der Waals surface area contributed by atoms with Crippen LogP contribution < -0.4 is 10.6 Å². The summed E-state index contributed by atoms with van der Waals surface area (Å²) in [7, 11) is 0. The highest BCUT2D eigenvalue weighted by atomic mass is 16.6. The molecule has 0 aromatic heterocycles. The Bertz CT molecular complexity index is 795. The number of piperidine rings is 2. The fourth-order valence-electron chi connectivity index (χ4n) is 7.08. The highest BCUT2D eigenvalue weighted by Crippen LogP contribution is 2.39. The van der Waals surface area contributed by atoms with E-state index in [1.165, 1.54) is 0 Å². The third kappa shape index (κ3) is 10.3. The molecule has 2 N–H and O–H groups in total. The summed E-state index contributed by atoms with van der Waals surface area (Å²) in [6.45, 7) is 21.0. The summed E-state index contributed by atoms with van der Waals surface area (Å²) in [5.74, 6) is -1.27. The Morgan fingerprint density at radius 1 is 0.675 bits per heavy atom. The Hall–Kier alpha value is -1.67. The Labute approximate surface area is 243 Å². The average molecular weight is 567 g/mol. The maximum atomic E-state index is 14.2. The zero-order valence-corrected chi connectivity index (χ0v) is 27.1. The molecular formula is C32H58N2O6. The van der Waals surface area contributed by atoms with E-state index >= 15 is 0 Å². The predicted octanol–water partition coefficient (Wildman–Crippen LogP) is 5.99. The maximum absolute atomic E-state index is 14.2. The molecule has 0 bridgehead atoms. The number of unbranched alkanes of at least 4 members (excludes halogenated alkanes) is 1. The van der Waals surface area contributed by atoms with Crippen LogP contribution in [-0.2, 0) is 28.6 Å². The molecule has 8 nitrogen and oxygen atoms in total. The zero-order chi connectivity index (χ0) is 30.4. The molecule has 40 heavy (non-hydrogen) atoms. The minimum Gasteiger partial charge on any atom is -0.466 e. The van der Waals surface area contributed by atoms with Gasteiger partial charge in [0.05, 0.1) is 6.61 Å². The van der Waals surface area contributed by atoms with E-state index in [4.69, 9.17) is 14.2 Å². The van der Waals surface area contributed by atoms with Crippen molar-refractivity contribution in [3.63, 3.8) is 0 Å². The second-order valence-corrected chi connectivity index (χ2v) is 14.9. The first kappa shape index (κ1) is 34.5. The number of carbonyl (C=O) groups is 3. The van der Waals surface area contributed by atoms with Gasteiger partial charge in [0, 0.05) is 54.3 Å². The van der Waals surface area contributed by atoms with Crippen molar-refractivity contribution in [2.45, 2.75) is 174 Å². The number of hydrogen-bond acceptors (Lipinski definition) is 8. The SMILES string of the molecule is CCCCC(CCCOC(=O)CCC)(C(=O)OC1CC(C)(C)NC(C)(C)C1)C(=O)OC1CC(C)(C)NC(C)(C)C1. The smallest absolute Gasteiger partial charge is 0.323 e. The lowest BCUT2D eigenvalue weighted by Gasteiger charge is -2.47. The van der Waals surface area contributed by atoms with Crippen LogP contribution in [0.15, 0.2) is 0 Å². The van der Waals surface area contributed by atoms with Crippen LogP contribution in [0.1, 0.15) is 140 Å². The van der Waals surface area contributed by atoms with E-state index in [2.05, 4.69) is 66.0 Å². The van der Waals surface area contributed by atoms with Gasteiger partial charge in [0.15, 0.2) is 5.41 Å². The molecule has 2 heterocycles. The lowest BCUT2D eigenvalue weighted by molar-refractivity contribution is -0.184. The van der Waals surface area contributed by atoms with E-state index in [9.17, 15) is 14.4 Å². The minimum absolute atomic E-state index is 0.161. The van der Waals surface area contributed by atoms with E-state index in [0.717, 1.165) is 6.42 Å². The fourth-order valence-corrected chi connectivity index (χ4v) is 7.08. The lowest BCUT2D eigenvalue weighted by Crippen LogP contribution is -2.61. The predicted molar refractivity (Wildman–Crippen MR) is 158 cm³/mol.